The van der Waals surface area contributed by atoms with Crippen LogP contribution in [-0.4, -0.2) is 64.9 Å². The van der Waals surface area contributed by atoms with Crippen LogP contribution in [0, 0.1) is 0 Å². The molecule has 0 spiro atoms. The van der Waals surface area contributed by atoms with Gasteiger partial charge in [-0.2, -0.15) is 0 Å². The molecule has 29 heavy (non-hydrogen) atoms. The Morgan fingerprint density at radius 2 is 1.55 bits per heavy atom. The van der Waals surface area contributed by atoms with Gasteiger partial charge in [-0.15, -0.1) is 11.3 Å². The van der Waals surface area contributed by atoms with Crippen molar-refractivity contribution in [1.29, 1.82) is 0 Å². The maximum atomic E-state index is 9.10. The lowest BCUT2D eigenvalue weighted by Crippen LogP contribution is -2.45. The number of rotatable bonds is 4. The van der Waals surface area contributed by atoms with Gasteiger partial charge < -0.3 is 19.7 Å². The maximum absolute atomic E-state index is 9.10. The maximum Gasteiger partial charge on any atom is 0.414 e. The van der Waals surface area contributed by atoms with Gasteiger partial charge in [0.1, 0.15) is 0 Å². The first-order valence-corrected chi connectivity index (χ1v) is 10.6. The van der Waals surface area contributed by atoms with E-state index in [0.29, 0.717) is 6.79 Å². The molecule has 1 saturated heterocycles. The van der Waals surface area contributed by atoms with Crippen molar-refractivity contribution in [2.75, 3.05) is 33.0 Å². The molecule has 1 aromatic heterocycles. The smallest absolute Gasteiger partial charge is 0.414 e. The van der Waals surface area contributed by atoms with E-state index in [1.807, 2.05) is 17.4 Å². The van der Waals surface area contributed by atoms with Crippen LogP contribution >= 0.6 is 27.3 Å². The third-order valence-electron chi connectivity index (χ3n) is 4.50. The molecule has 0 radical (unpaired) electrons. The molecule has 0 saturated carbocycles. The highest BCUT2D eigenvalue weighted by atomic mass is 79.9. The van der Waals surface area contributed by atoms with E-state index >= 15 is 0 Å². The van der Waals surface area contributed by atoms with Crippen LogP contribution in [0.1, 0.15) is 10.4 Å². The average Bonchev–Trinajstić information content (AvgIpc) is 3.32. The van der Waals surface area contributed by atoms with Crippen LogP contribution in [0.2, 0.25) is 0 Å². The first-order valence-electron chi connectivity index (χ1n) is 8.94. The van der Waals surface area contributed by atoms with Crippen molar-refractivity contribution in [2.45, 2.75) is 13.1 Å². The molecular weight excluding hydrogens is 464 g/mol. The van der Waals surface area contributed by atoms with Crippen molar-refractivity contribution in [3.8, 4) is 11.5 Å². The molecule has 0 atom stereocenters. The fourth-order valence-electron chi connectivity index (χ4n) is 3.06. The summed E-state index contributed by atoms with van der Waals surface area (Å²) in [6.07, 6.45) is 0. The zero-order chi connectivity index (χ0) is 20.8. The summed E-state index contributed by atoms with van der Waals surface area (Å²) >= 11 is 5.37. The van der Waals surface area contributed by atoms with Crippen LogP contribution < -0.4 is 9.47 Å². The van der Waals surface area contributed by atoms with Crippen LogP contribution in [0.15, 0.2) is 34.1 Å². The largest absolute Gasteiger partial charge is 0.473 e. The number of carboxylic acid groups (broad SMARTS) is 2. The van der Waals surface area contributed by atoms with Crippen LogP contribution in [0.25, 0.3) is 0 Å². The van der Waals surface area contributed by atoms with Gasteiger partial charge in [0.25, 0.3) is 0 Å². The number of halogens is 1. The minimum atomic E-state index is -1.82. The van der Waals surface area contributed by atoms with Crippen LogP contribution in [0.3, 0.4) is 0 Å². The lowest BCUT2D eigenvalue weighted by atomic mass is 10.1. The van der Waals surface area contributed by atoms with Crippen molar-refractivity contribution in [3.63, 3.8) is 0 Å². The number of hydrogen-bond donors (Lipinski definition) is 2. The molecule has 1 fully saturated rings. The number of piperazine rings is 1. The molecule has 2 aliphatic rings. The van der Waals surface area contributed by atoms with Crippen LogP contribution in [0.5, 0.6) is 11.5 Å². The van der Waals surface area contributed by atoms with E-state index in [4.69, 9.17) is 29.3 Å². The zero-order valence-electron chi connectivity index (χ0n) is 15.5. The normalized spacial score (nSPS) is 16.2. The van der Waals surface area contributed by atoms with E-state index in [9.17, 15) is 0 Å². The fraction of sp³-hybridized carbons (Fsp3) is 0.368. The first-order chi connectivity index (χ1) is 13.9. The molecule has 4 rings (SSSR count). The fourth-order valence-corrected chi connectivity index (χ4v) is 4.59. The Hall–Kier alpha value is -2.14. The predicted molar refractivity (Wildman–Crippen MR) is 110 cm³/mol. The van der Waals surface area contributed by atoms with E-state index in [0.717, 1.165) is 50.8 Å². The molecule has 1 aromatic carbocycles. The second kappa shape index (κ2) is 10.1. The number of hydrogen-bond acceptors (Lipinski definition) is 7. The summed E-state index contributed by atoms with van der Waals surface area (Å²) in [5.41, 5.74) is 1.30. The minimum Gasteiger partial charge on any atom is -0.473 e. The Kier molecular flexibility index (Phi) is 7.48. The number of benzene rings is 1. The van der Waals surface area contributed by atoms with Crippen molar-refractivity contribution >= 4 is 39.2 Å². The predicted octanol–water partition coefficient (Wildman–Crippen LogP) is 2.71. The van der Waals surface area contributed by atoms with E-state index < -0.39 is 11.9 Å². The zero-order valence-corrected chi connectivity index (χ0v) is 17.9. The molecule has 3 heterocycles. The number of carboxylic acids is 2. The SMILES string of the molecule is Brc1ccc(CN2CCN(Cc3ccc4c(c3)OCO4)CC2)s1.O=C(O)C(=O)O. The van der Waals surface area contributed by atoms with E-state index in [2.05, 4.69) is 50.0 Å². The molecule has 2 N–H and O–H groups in total. The lowest BCUT2D eigenvalue weighted by Gasteiger charge is -2.34. The van der Waals surface area contributed by atoms with Crippen molar-refractivity contribution in [3.05, 3.63) is 44.6 Å². The van der Waals surface area contributed by atoms with Gasteiger partial charge in [0.15, 0.2) is 11.5 Å². The number of aliphatic carboxylic acids is 2. The van der Waals surface area contributed by atoms with Gasteiger partial charge in [0.2, 0.25) is 6.79 Å². The summed E-state index contributed by atoms with van der Waals surface area (Å²) in [4.78, 5) is 24.7. The molecule has 156 valence electrons. The van der Waals surface area contributed by atoms with Crippen LogP contribution in [0.4, 0.5) is 0 Å². The Morgan fingerprint density at radius 3 is 2.14 bits per heavy atom. The number of thiophene rings is 1. The minimum absolute atomic E-state index is 0.344. The topological polar surface area (TPSA) is 99.5 Å². The van der Waals surface area contributed by atoms with E-state index in [1.54, 1.807) is 0 Å². The molecule has 0 unspecified atom stereocenters. The highest BCUT2D eigenvalue weighted by molar-refractivity contribution is 9.11. The first kappa shape index (κ1) is 21.6. The summed E-state index contributed by atoms with van der Waals surface area (Å²) < 4.78 is 12.0. The van der Waals surface area contributed by atoms with Crippen molar-refractivity contribution < 1.29 is 29.3 Å². The standard InChI is InChI=1S/C17H19BrN2O2S.C2H2O4/c18-17-4-2-14(23-17)11-20-7-5-19(6-8-20)10-13-1-3-15-16(9-13)22-12-21-15;3-1(4)2(5)6/h1-4,9H,5-8,10-12H2;(H,3,4)(H,5,6). The summed E-state index contributed by atoms with van der Waals surface area (Å²) in [5, 5.41) is 14.8. The second-order valence-corrected chi connectivity index (χ2v) is 9.10. The lowest BCUT2D eigenvalue weighted by molar-refractivity contribution is -0.159. The third kappa shape index (κ3) is 6.43. The Labute approximate surface area is 180 Å². The quantitative estimate of drug-likeness (QED) is 0.638. The summed E-state index contributed by atoms with van der Waals surface area (Å²) in [7, 11) is 0. The van der Waals surface area contributed by atoms with Gasteiger partial charge in [-0.05, 0) is 45.8 Å². The highest BCUT2D eigenvalue weighted by Crippen LogP contribution is 2.33. The second-order valence-electron chi connectivity index (χ2n) is 6.56. The molecule has 0 bridgehead atoms. The van der Waals surface area contributed by atoms with Gasteiger partial charge in [-0.1, -0.05) is 6.07 Å². The number of carbonyl (C=O) groups is 2. The van der Waals surface area contributed by atoms with Gasteiger partial charge in [0, 0.05) is 44.1 Å². The van der Waals surface area contributed by atoms with Gasteiger partial charge in [-0.25, -0.2) is 9.59 Å². The molecule has 10 heteroatoms. The molecule has 0 aliphatic carbocycles. The van der Waals surface area contributed by atoms with Crippen LogP contribution in [-0.2, 0) is 22.7 Å². The van der Waals surface area contributed by atoms with E-state index in [-0.39, 0.29) is 0 Å². The Balaban J connectivity index is 0.000000353. The van der Waals surface area contributed by atoms with Gasteiger partial charge >= 0.3 is 11.9 Å². The number of fused-ring (bicyclic) bond motifs is 1. The molecule has 2 aromatic rings. The Morgan fingerprint density at radius 1 is 0.931 bits per heavy atom. The monoisotopic (exact) mass is 484 g/mol. The van der Waals surface area contributed by atoms with Gasteiger partial charge in [0.05, 0.1) is 3.79 Å². The molecule has 8 nitrogen and oxygen atoms in total. The van der Waals surface area contributed by atoms with Crippen molar-refractivity contribution in [1.82, 2.24) is 9.80 Å². The molecular formula is C19H21BrN2O6S. The van der Waals surface area contributed by atoms with Gasteiger partial charge in [-0.3, -0.25) is 9.80 Å². The number of nitrogens with zero attached hydrogens (tertiary/aromatic N) is 2. The third-order valence-corrected chi connectivity index (χ3v) is 6.11. The van der Waals surface area contributed by atoms with Crippen molar-refractivity contribution in [2.24, 2.45) is 0 Å². The highest BCUT2D eigenvalue weighted by Gasteiger charge is 2.19. The molecule has 0 amide bonds. The number of ether oxygens (including phenoxy) is 2. The average molecular weight is 485 g/mol. The summed E-state index contributed by atoms with van der Waals surface area (Å²) in [6, 6.07) is 10.6. The molecule has 2 aliphatic heterocycles. The Bertz CT molecular complexity index is 854. The summed E-state index contributed by atoms with van der Waals surface area (Å²) in [5.74, 6) is -1.91. The van der Waals surface area contributed by atoms with E-state index in [1.165, 1.54) is 14.2 Å². The summed E-state index contributed by atoms with van der Waals surface area (Å²) in [6.45, 7) is 6.86.